The Morgan fingerprint density at radius 3 is 2.72 bits per heavy atom. The lowest BCUT2D eigenvalue weighted by molar-refractivity contribution is 0.0468. The molecule has 3 rings (SSSR count). The quantitative estimate of drug-likeness (QED) is 0.464. The van der Waals surface area contributed by atoms with Crippen LogP contribution in [0, 0.1) is 13.8 Å². The van der Waals surface area contributed by atoms with Crippen molar-refractivity contribution in [2.45, 2.75) is 31.1 Å². The van der Waals surface area contributed by atoms with Gasteiger partial charge in [-0.25, -0.2) is 4.79 Å². The van der Waals surface area contributed by atoms with E-state index in [-0.39, 0.29) is 12.6 Å². The fourth-order valence-corrected chi connectivity index (χ4v) is 3.35. The molecule has 0 saturated carbocycles. The fourth-order valence-electron chi connectivity index (χ4n) is 2.43. The Balaban J connectivity index is 1.65. The van der Waals surface area contributed by atoms with E-state index in [2.05, 4.69) is 5.16 Å². The van der Waals surface area contributed by atoms with Gasteiger partial charge in [0.15, 0.2) is 0 Å². The zero-order chi connectivity index (χ0) is 17.6. The molecule has 3 aromatic rings. The molecule has 128 valence electrons. The molecule has 5 heteroatoms. The van der Waals surface area contributed by atoms with Crippen LogP contribution in [-0.2, 0) is 17.1 Å². The summed E-state index contributed by atoms with van der Waals surface area (Å²) in [6.07, 6.45) is 0. The van der Waals surface area contributed by atoms with Crippen molar-refractivity contribution in [3.63, 3.8) is 0 Å². The van der Waals surface area contributed by atoms with E-state index in [1.807, 2.05) is 62.4 Å². The van der Waals surface area contributed by atoms with Crippen LogP contribution in [0.25, 0.3) is 0 Å². The van der Waals surface area contributed by atoms with Crippen molar-refractivity contribution >= 4 is 17.7 Å². The summed E-state index contributed by atoms with van der Waals surface area (Å²) in [5.41, 5.74) is 3.55. The number of esters is 1. The zero-order valence-electron chi connectivity index (χ0n) is 14.2. The molecule has 0 aliphatic carbocycles. The van der Waals surface area contributed by atoms with Crippen molar-refractivity contribution in [2.24, 2.45) is 0 Å². The first-order chi connectivity index (χ1) is 12.1. The van der Waals surface area contributed by atoms with Crippen LogP contribution in [0.5, 0.6) is 0 Å². The van der Waals surface area contributed by atoms with Gasteiger partial charge >= 0.3 is 5.97 Å². The topological polar surface area (TPSA) is 52.3 Å². The number of benzene rings is 2. The maximum Gasteiger partial charge on any atom is 0.339 e. The molecule has 1 aromatic heterocycles. The standard InChI is InChI=1S/C20H19NO3S/c1-14-6-5-7-16(10-14)12-23-20(22)18-8-3-4-9-19(18)25-13-17-11-15(2)24-21-17/h3-11H,12-13H2,1-2H3. The second-order valence-corrected chi connectivity index (χ2v) is 6.80. The summed E-state index contributed by atoms with van der Waals surface area (Å²) in [5.74, 6) is 1.10. The molecule has 0 atom stereocenters. The van der Waals surface area contributed by atoms with Crippen LogP contribution in [0.4, 0.5) is 0 Å². The average molecular weight is 353 g/mol. The van der Waals surface area contributed by atoms with Crippen LogP contribution in [0.1, 0.15) is 32.9 Å². The first-order valence-corrected chi connectivity index (χ1v) is 8.97. The largest absolute Gasteiger partial charge is 0.457 e. The molecule has 25 heavy (non-hydrogen) atoms. The summed E-state index contributed by atoms with van der Waals surface area (Å²) in [4.78, 5) is 13.3. The van der Waals surface area contributed by atoms with Crippen molar-refractivity contribution in [3.05, 3.63) is 82.7 Å². The van der Waals surface area contributed by atoms with Gasteiger partial charge < -0.3 is 9.26 Å². The number of hydrogen-bond acceptors (Lipinski definition) is 5. The molecule has 0 amide bonds. The van der Waals surface area contributed by atoms with Crippen LogP contribution >= 0.6 is 11.8 Å². The number of rotatable bonds is 6. The summed E-state index contributed by atoms with van der Waals surface area (Å²) in [6, 6.07) is 17.3. The van der Waals surface area contributed by atoms with Gasteiger partial charge in [0.2, 0.25) is 0 Å². The van der Waals surface area contributed by atoms with Gasteiger partial charge in [-0.2, -0.15) is 0 Å². The molecule has 0 N–H and O–H groups in total. The normalized spacial score (nSPS) is 10.6. The van der Waals surface area contributed by atoms with Crippen molar-refractivity contribution in [1.29, 1.82) is 0 Å². The van der Waals surface area contributed by atoms with Crippen molar-refractivity contribution in [1.82, 2.24) is 5.16 Å². The Bertz CT molecular complexity index is 873. The van der Waals surface area contributed by atoms with E-state index in [1.54, 1.807) is 17.8 Å². The third kappa shape index (κ3) is 4.73. The average Bonchev–Trinajstić information content (AvgIpc) is 3.03. The highest BCUT2D eigenvalue weighted by atomic mass is 32.2. The zero-order valence-corrected chi connectivity index (χ0v) is 15.0. The van der Waals surface area contributed by atoms with E-state index >= 15 is 0 Å². The second-order valence-electron chi connectivity index (χ2n) is 5.78. The van der Waals surface area contributed by atoms with Crippen LogP contribution in [-0.4, -0.2) is 11.1 Å². The minimum Gasteiger partial charge on any atom is -0.457 e. The molecule has 0 aliphatic heterocycles. The number of ether oxygens (including phenoxy) is 1. The number of hydrogen-bond donors (Lipinski definition) is 0. The maximum absolute atomic E-state index is 12.5. The third-order valence-corrected chi connectivity index (χ3v) is 4.72. The van der Waals surface area contributed by atoms with Gasteiger partial charge in [0.1, 0.15) is 12.4 Å². The Morgan fingerprint density at radius 2 is 1.96 bits per heavy atom. The predicted octanol–water partition coefficient (Wildman–Crippen LogP) is 4.94. The van der Waals surface area contributed by atoms with Crippen LogP contribution in [0.2, 0.25) is 0 Å². The summed E-state index contributed by atoms with van der Waals surface area (Å²) < 4.78 is 10.6. The van der Waals surface area contributed by atoms with Gasteiger partial charge in [0.25, 0.3) is 0 Å². The highest BCUT2D eigenvalue weighted by Crippen LogP contribution is 2.27. The minimum atomic E-state index is -0.319. The molecule has 0 aliphatic rings. The summed E-state index contributed by atoms with van der Waals surface area (Å²) in [7, 11) is 0. The predicted molar refractivity (Wildman–Crippen MR) is 97.5 cm³/mol. The molecule has 0 spiro atoms. The van der Waals surface area contributed by atoms with Gasteiger partial charge in [-0.3, -0.25) is 0 Å². The van der Waals surface area contributed by atoms with Crippen molar-refractivity contribution in [3.8, 4) is 0 Å². The number of nitrogens with zero attached hydrogens (tertiary/aromatic N) is 1. The molecule has 0 saturated heterocycles. The van der Waals surface area contributed by atoms with Gasteiger partial charge in [-0.1, -0.05) is 47.1 Å². The van der Waals surface area contributed by atoms with Crippen LogP contribution in [0.15, 0.2) is 64.0 Å². The van der Waals surface area contributed by atoms with Crippen LogP contribution < -0.4 is 0 Å². The Kier molecular flexibility index (Phi) is 5.56. The van der Waals surface area contributed by atoms with Gasteiger partial charge in [0, 0.05) is 16.7 Å². The molecule has 4 nitrogen and oxygen atoms in total. The van der Waals surface area contributed by atoms with Crippen molar-refractivity contribution in [2.75, 3.05) is 0 Å². The van der Waals surface area contributed by atoms with E-state index in [4.69, 9.17) is 9.26 Å². The molecule has 0 unspecified atom stereocenters. The third-order valence-electron chi connectivity index (χ3n) is 3.61. The molecular formula is C20H19NO3S. The Morgan fingerprint density at radius 1 is 1.12 bits per heavy atom. The minimum absolute atomic E-state index is 0.266. The summed E-state index contributed by atoms with van der Waals surface area (Å²) >= 11 is 1.54. The highest BCUT2D eigenvalue weighted by molar-refractivity contribution is 7.98. The van der Waals surface area contributed by atoms with E-state index in [0.717, 1.165) is 27.5 Å². The number of aryl methyl sites for hydroxylation is 2. The number of carbonyl (C=O) groups is 1. The number of carbonyl (C=O) groups excluding carboxylic acids is 1. The molecule has 2 aromatic carbocycles. The monoisotopic (exact) mass is 353 g/mol. The lowest BCUT2D eigenvalue weighted by Crippen LogP contribution is -2.06. The smallest absolute Gasteiger partial charge is 0.339 e. The van der Waals surface area contributed by atoms with Crippen LogP contribution in [0.3, 0.4) is 0 Å². The first-order valence-electron chi connectivity index (χ1n) is 7.98. The van der Waals surface area contributed by atoms with E-state index in [9.17, 15) is 4.79 Å². The summed E-state index contributed by atoms with van der Waals surface area (Å²) in [5, 5.41) is 3.98. The van der Waals surface area contributed by atoms with E-state index in [1.165, 1.54) is 0 Å². The van der Waals surface area contributed by atoms with Crippen molar-refractivity contribution < 1.29 is 14.1 Å². The van der Waals surface area contributed by atoms with Gasteiger partial charge in [-0.05, 0) is 31.5 Å². The number of thioether (sulfide) groups is 1. The highest BCUT2D eigenvalue weighted by Gasteiger charge is 2.14. The van der Waals surface area contributed by atoms with E-state index < -0.39 is 0 Å². The molecule has 1 heterocycles. The molecular weight excluding hydrogens is 334 g/mol. The SMILES string of the molecule is Cc1cccc(COC(=O)c2ccccc2SCc2cc(C)on2)c1. The van der Waals surface area contributed by atoms with Gasteiger partial charge in [-0.15, -0.1) is 11.8 Å². The van der Waals surface area contributed by atoms with E-state index in [0.29, 0.717) is 11.3 Å². The first kappa shape index (κ1) is 17.3. The maximum atomic E-state index is 12.5. The lowest BCUT2D eigenvalue weighted by Gasteiger charge is -2.09. The second kappa shape index (κ2) is 8.03. The lowest BCUT2D eigenvalue weighted by atomic mass is 10.1. The molecule has 0 fully saturated rings. The Hall–Kier alpha value is -2.53. The number of aromatic nitrogens is 1. The fraction of sp³-hybridized carbons (Fsp3) is 0.200. The Labute approximate surface area is 151 Å². The van der Waals surface area contributed by atoms with Gasteiger partial charge in [0.05, 0.1) is 11.3 Å². The molecule has 0 radical (unpaired) electrons. The molecule has 0 bridgehead atoms. The summed E-state index contributed by atoms with van der Waals surface area (Å²) in [6.45, 7) is 4.14.